The van der Waals surface area contributed by atoms with Crippen LogP contribution in [0.25, 0.3) is 11.3 Å². The van der Waals surface area contributed by atoms with Gasteiger partial charge in [0, 0.05) is 12.6 Å². The van der Waals surface area contributed by atoms with E-state index in [1.54, 1.807) is 0 Å². The van der Waals surface area contributed by atoms with E-state index in [0.717, 1.165) is 16.8 Å². The molecule has 0 atom stereocenters. The molecule has 4 nitrogen and oxygen atoms in total. The van der Waals surface area contributed by atoms with Crippen LogP contribution < -0.4 is 0 Å². The summed E-state index contributed by atoms with van der Waals surface area (Å²) in [5.41, 5.74) is -0.845. The van der Waals surface area contributed by atoms with Crippen LogP contribution >= 0.6 is 0 Å². The van der Waals surface area contributed by atoms with Gasteiger partial charge in [-0.2, -0.15) is 18.3 Å². The van der Waals surface area contributed by atoms with E-state index in [1.165, 1.54) is 19.2 Å². The Bertz CT molecular complexity index is 632. The molecule has 1 heterocycles. The fourth-order valence-corrected chi connectivity index (χ4v) is 1.70. The van der Waals surface area contributed by atoms with Crippen molar-refractivity contribution in [1.82, 2.24) is 9.78 Å². The highest BCUT2D eigenvalue weighted by molar-refractivity contribution is 5.88. The number of carbonyl (C=O) groups is 1. The number of aromatic hydroxyl groups is 1. The molecule has 0 unspecified atom stereocenters. The van der Waals surface area contributed by atoms with Gasteiger partial charge in [-0.1, -0.05) is 12.1 Å². The van der Waals surface area contributed by atoms with Gasteiger partial charge in [-0.05, 0) is 12.1 Å². The molecule has 2 rings (SSSR count). The molecule has 0 aliphatic rings. The molecule has 7 heteroatoms. The average molecular weight is 270 g/mol. The van der Waals surface area contributed by atoms with Crippen molar-refractivity contribution < 1.29 is 23.1 Å². The number of rotatable bonds is 2. The zero-order chi connectivity index (χ0) is 14.2. The standard InChI is InChI=1S/C12H9F3N2O2/c1-17-11(19)9(6-18)10(16-17)7-3-2-4-8(5-7)12(13,14)15/h2-6,19H,1H3. The van der Waals surface area contributed by atoms with Crippen LogP contribution in [0.5, 0.6) is 5.88 Å². The minimum Gasteiger partial charge on any atom is -0.493 e. The summed E-state index contributed by atoms with van der Waals surface area (Å²) in [5.74, 6) is -0.387. The second-order valence-electron chi connectivity index (χ2n) is 3.91. The quantitative estimate of drug-likeness (QED) is 0.853. The lowest BCUT2D eigenvalue weighted by molar-refractivity contribution is -0.137. The number of halogens is 3. The molecule has 0 saturated carbocycles. The van der Waals surface area contributed by atoms with Crippen molar-refractivity contribution in [2.45, 2.75) is 6.18 Å². The van der Waals surface area contributed by atoms with Gasteiger partial charge in [-0.15, -0.1) is 0 Å². The van der Waals surface area contributed by atoms with Gasteiger partial charge in [0.05, 0.1) is 5.56 Å². The number of aromatic nitrogens is 2. The minimum atomic E-state index is -4.48. The van der Waals surface area contributed by atoms with Crippen molar-refractivity contribution in [1.29, 1.82) is 0 Å². The van der Waals surface area contributed by atoms with E-state index in [2.05, 4.69) is 5.10 Å². The molecule has 0 spiro atoms. The van der Waals surface area contributed by atoms with Gasteiger partial charge < -0.3 is 5.11 Å². The Morgan fingerprint density at radius 2 is 2.05 bits per heavy atom. The van der Waals surface area contributed by atoms with Gasteiger partial charge in [0.15, 0.2) is 6.29 Å². The first-order chi connectivity index (χ1) is 8.84. The molecule has 0 radical (unpaired) electrons. The van der Waals surface area contributed by atoms with Crippen LogP contribution in [0.15, 0.2) is 24.3 Å². The largest absolute Gasteiger partial charge is 0.493 e. The number of alkyl halides is 3. The van der Waals surface area contributed by atoms with Crippen LogP contribution in [0.2, 0.25) is 0 Å². The first-order valence-electron chi connectivity index (χ1n) is 5.23. The first-order valence-corrected chi connectivity index (χ1v) is 5.23. The highest BCUT2D eigenvalue weighted by Crippen LogP contribution is 2.33. The lowest BCUT2D eigenvalue weighted by atomic mass is 10.1. The third-order valence-electron chi connectivity index (χ3n) is 2.63. The maximum atomic E-state index is 12.6. The smallest absolute Gasteiger partial charge is 0.416 e. The maximum Gasteiger partial charge on any atom is 0.416 e. The average Bonchev–Trinajstić information content (AvgIpc) is 2.64. The first kappa shape index (κ1) is 13.1. The summed E-state index contributed by atoms with van der Waals surface area (Å²) in [7, 11) is 1.39. The fourth-order valence-electron chi connectivity index (χ4n) is 1.70. The molecule has 2 aromatic rings. The summed E-state index contributed by atoms with van der Waals surface area (Å²) >= 11 is 0. The van der Waals surface area contributed by atoms with E-state index in [1.807, 2.05) is 0 Å². The normalized spacial score (nSPS) is 11.6. The number of hydrogen-bond donors (Lipinski definition) is 1. The summed E-state index contributed by atoms with van der Waals surface area (Å²) in [5, 5.41) is 13.4. The van der Waals surface area contributed by atoms with Crippen LogP contribution in [0.4, 0.5) is 13.2 Å². The molecule has 1 aromatic carbocycles. The van der Waals surface area contributed by atoms with E-state index < -0.39 is 11.7 Å². The Balaban J connectivity index is 2.60. The molecular weight excluding hydrogens is 261 g/mol. The van der Waals surface area contributed by atoms with E-state index in [-0.39, 0.29) is 22.7 Å². The van der Waals surface area contributed by atoms with Crippen molar-refractivity contribution >= 4 is 6.29 Å². The molecule has 0 amide bonds. The van der Waals surface area contributed by atoms with Crippen molar-refractivity contribution in [3.63, 3.8) is 0 Å². The van der Waals surface area contributed by atoms with Crippen LogP contribution in [0.3, 0.4) is 0 Å². The van der Waals surface area contributed by atoms with E-state index in [9.17, 15) is 23.1 Å². The number of benzene rings is 1. The zero-order valence-corrected chi connectivity index (χ0v) is 9.77. The molecule has 0 aliphatic carbocycles. The van der Waals surface area contributed by atoms with Gasteiger partial charge in [0.25, 0.3) is 0 Å². The fraction of sp³-hybridized carbons (Fsp3) is 0.167. The molecule has 0 aliphatic heterocycles. The van der Waals surface area contributed by atoms with E-state index in [0.29, 0.717) is 6.29 Å². The monoisotopic (exact) mass is 270 g/mol. The van der Waals surface area contributed by atoms with Crippen LogP contribution in [0.1, 0.15) is 15.9 Å². The van der Waals surface area contributed by atoms with Crippen LogP contribution in [-0.2, 0) is 13.2 Å². The minimum absolute atomic E-state index is 0.0149. The van der Waals surface area contributed by atoms with Gasteiger partial charge >= 0.3 is 6.18 Å². The summed E-state index contributed by atoms with van der Waals surface area (Å²) in [4.78, 5) is 10.9. The van der Waals surface area contributed by atoms with Crippen molar-refractivity contribution in [3.05, 3.63) is 35.4 Å². The van der Waals surface area contributed by atoms with Gasteiger partial charge in [-0.3, -0.25) is 4.79 Å². The van der Waals surface area contributed by atoms with Crippen molar-refractivity contribution in [3.8, 4) is 17.1 Å². The molecular formula is C12H9F3N2O2. The Labute approximate surface area is 106 Å². The molecule has 100 valence electrons. The third-order valence-corrected chi connectivity index (χ3v) is 2.63. The summed E-state index contributed by atoms with van der Waals surface area (Å²) < 4.78 is 38.8. The lowest BCUT2D eigenvalue weighted by Gasteiger charge is -2.07. The van der Waals surface area contributed by atoms with Crippen LogP contribution in [-0.4, -0.2) is 21.2 Å². The lowest BCUT2D eigenvalue weighted by Crippen LogP contribution is -2.04. The highest BCUT2D eigenvalue weighted by atomic mass is 19.4. The van der Waals surface area contributed by atoms with Crippen molar-refractivity contribution in [2.75, 3.05) is 0 Å². The number of carbonyl (C=O) groups excluding carboxylic acids is 1. The summed E-state index contributed by atoms with van der Waals surface area (Å²) in [6.45, 7) is 0. The van der Waals surface area contributed by atoms with Crippen molar-refractivity contribution in [2.24, 2.45) is 7.05 Å². The third kappa shape index (κ3) is 2.31. The van der Waals surface area contributed by atoms with Gasteiger partial charge in [0.1, 0.15) is 11.3 Å². The van der Waals surface area contributed by atoms with E-state index in [4.69, 9.17) is 0 Å². The van der Waals surface area contributed by atoms with E-state index >= 15 is 0 Å². The number of aryl methyl sites for hydroxylation is 1. The molecule has 0 saturated heterocycles. The number of hydrogen-bond acceptors (Lipinski definition) is 3. The second kappa shape index (κ2) is 4.42. The topological polar surface area (TPSA) is 55.1 Å². The van der Waals surface area contributed by atoms with Gasteiger partial charge in [0.2, 0.25) is 5.88 Å². The highest BCUT2D eigenvalue weighted by Gasteiger charge is 2.31. The Hall–Kier alpha value is -2.31. The molecule has 0 fully saturated rings. The predicted molar refractivity (Wildman–Crippen MR) is 60.7 cm³/mol. The zero-order valence-electron chi connectivity index (χ0n) is 9.77. The van der Waals surface area contributed by atoms with Crippen LogP contribution in [0, 0.1) is 0 Å². The Morgan fingerprint density at radius 1 is 1.37 bits per heavy atom. The second-order valence-corrected chi connectivity index (χ2v) is 3.91. The summed E-state index contributed by atoms with van der Waals surface area (Å²) in [6.07, 6.45) is -4.12. The number of aldehydes is 1. The maximum absolute atomic E-state index is 12.6. The molecule has 19 heavy (non-hydrogen) atoms. The molecule has 0 bridgehead atoms. The molecule has 1 N–H and O–H groups in total. The number of nitrogens with zero attached hydrogens (tertiary/aromatic N) is 2. The molecule has 1 aromatic heterocycles. The summed E-state index contributed by atoms with van der Waals surface area (Å²) in [6, 6.07) is 4.42. The Kier molecular flexibility index (Phi) is 3.05. The SMILES string of the molecule is Cn1nc(-c2cccc(C(F)(F)F)c2)c(C=O)c1O. The van der Waals surface area contributed by atoms with Gasteiger partial charge in [-0.25, -0.2) is 4.68 Å². The predicted octanol–water partition coefficient (Wildman–Crippen LogP) is 2.62. The Morgan fingerprint density at radius 3 is 2.63 bits per heavy atom.